The van der Waals surface area contributed by atoms with E-state index in [9.17, 15) is 4.79 Å². The van der Waals surface area contributed by atoms with Crippen LogP contribution in [0, 0.1) is 3.70 Å². The van der Waals surface area contributed by atoms with Crippen molar-refractivity contribution >= 4 is 39.6 Å². The zero-order valence-electron chi connectivity index (χ0n) is 14.1. The van der Waals surface area contributed by atoms with Gasteiger partial charge in [0, 0.05) is 24.7 Å². The summed E-state index contributed by atoms with van der Waals surface area (Å²) in [5.74, 6) is 0.123. The number of nitrogens with one attached hydrogen (secondary N) is 2. The first-order valence-corrected chi connectivity index (χ1v) is 9.24. The molecule has 0 unspecified atom stereocenters. The van der Waals surface area contributed by atoms with Crippen LogP contribution in [0.25, 0.3) is 16.7 Å². The molecule has 26 heavy (non-hydrogen) atoms. The van der Waals surface area contributed by atoms with Crippen molar-refractivity contribution in [1.82, 2.24) is 19.9 Å². The Morgan fingerprint density at radius 1 is 1.31 bits per heavy atom. The van der Waals surface area contributed by atoms with E-state index in [1.54, 1.807) is 10.8 Å². The van der Waals surface area contributed by atoms with Gasteiger partial charge in [-0.2, -0.15) is 4.98 Å². The number of H-pyrrole nitrogens is 1. The molecule has 2 heterocycles. The fraction of sp³-hybridized carbons (Fsp3) is 0.235. The van der Waals surface area contributed by atoms with Gasteiger partial charge in [-0.3, -0.25) is 9.56 Å². The summed E-state index contributed by atoms with van der Waals surface area (Å²) in [4.78, 5) is 23.3. The van der Waals surface area contributed by atoms with Crippen LogP contribution in [0.2, 0.25) is 0 Å². The highest BCUT2D eigenvalue weighted by atomic mass is 127. The van der Waals surface area contributed by atoms with Crippen molar-refractivity contribution in [2.75, 3.05) is 13.1 Å². The van der Waals surface area contributed by atoms with Crippen LogP contribution in [0.5, 0.6) is 0 Å². The Morgan fingerprint density at radius 2 is 2.08 bits per heavy atom. The maximum absolute atomic E-state index is 12.2. The SMILES string of the molecule is NC(N)=NCCCNCc1ccc(-n2cc3cc(I)[nH]c3nc2=O)cc1. The van der Waals surface area contributed by atoms with Gasteiger partial charge in [0.05, 0.1) is 9.39 Å². The van der Waals surface area contributed by atoms with Crippen LogP contribution in [-0.2, 0) is 6.54 Å². The zero-order valence-corrected chi connectivity index (χ0v) is 16.2. The van der Waals surface area contributed by atoms with E-state index in [1.807, 2.05) is 30.3 Å². The van der Waals surface area contributed by atoms with Gasteiger partial charge in [0.1, 0.15) is 5.65 Å². The van der Waals surface area contributed by atoms with E-state index in [0.29, 0.717) is 12.2 Å². The molecule has 1 aromatic carbocycles. The fourth-order valence-corrected chi connectivity index (χ4v) is 3.16. The lowest BCUT2D eigenvalue weighted by Crippen LogP contribution is -2.23. The van der Waals surface area contributed by atoms with E-state index in [1.165, 1.54) is 0 Å². The molecule has 0 amide bonds. The van der Waals surface area contributed by atoms with Gasteiger partial charge in [-0.25, -0.2) is 4.79 Å². The van der Waals surface area contributed by atoms with Gasteiger partial charge >= 0.3 is 5.69 Å². The summed E-state index contributed by atoms with van der Waals surface area (Å²) in [7, 11) is 0. The van der Waals surface area contributed by atoms with Gasteiger partial charge in [-0.15, -0.1) is 0 Å². The number of guanidine groups is 1. The minimum atomic E-state index is -0.304. The van der Waals surface area contributed by atoms with E-state index in [4.69, 9.17) is 11.5 Å². The van der Waals surface area contributed by atoms with Crippen molar-refractivity contribution in [3.8, 4) is 5.69 Å². The monoisotopic (exact) mass is 465 g/mol. The molecule has 0 aliphatic heterocycles. The second-order valence-corrected chi connectivity index (χ2v) is 6.98. The molecule has 0 saturated carbocycles. The van der Waals surface area contributed by atoms with Crippen LogP contribution >= 0.6 is 22.6 Å². The third-order valence-electron chi connectivity index (χ3n) is 3.82. The van der Waals surface area contributed by atoms with Gasteiger partial charge in [0.2, 0.25) is 0 Å². The van der Waals surface area contributed by atoms with Crippen molar-refractivity contribution in [3.63, 3.8) is 0 Å². The summed E-state index contributed by atoms with van der Waals surface area (Å²) in [6.07, 6.45) is 2.67. The van der Waals surface area contributed by atoms with Gasteiger partial charge in [-0.1, -0.05) is 12.1 Å². The Morgan fingerprint density at radius 3 is 2.81 bits per heavy atom. The molecular formula is C17H20IN7O. The minimum Gasteiger partial charge on any atom is -0.370 e. The molecule has 3 rings (SSSR count). The first kappa shape index (κ1) is 18.4. The summed E-state index contributed by atoms with van der Waals surface area (Å²) in [5.41, 5.74) is 12.8. The standard InChI is InChI=1S/C17H20IN7O/c18-14-8-12-10-25(17(26)24-15(12)23-14)13-4-2-11(3-5-13)9-21-6-1-7-22-16(19)20/h2-5,8,10,21H,1,6-7,9H2,(H4,19,20,22)(H,23,24,26). The smallest absolute Gasteiger partial charge is 0.354 e. The third kappa shape index (κ3) is 4.61. The van der Waals surface area contributed by atoms with Crippen LogP contribution in [0.3, 0.4) is 0 Å². The quantitative estimate of drug-likeness (QED) is 0.180. The largest absolute Gasteiger partial charge is 0.370 e. The highest BCUT2D eigenvalue weighted by molar-refractivity contribution is 14.1. The van der Waals surface area contributed by atoms with Crippen LogP contribution < -0.4 is 22.5 Å². The maximum atomic E-state index is 12.2. The van der Waals surface area contributed by atoms with Crippen LogP contribution in [0.4, 0.5) is 0 Å². The van der Waals surface area contributed by atoms with Gasteiger partial charge in [0.25, 0.3) is 0 Å². The summed E-state index contributed by atoms with van der Waals surface area (Å²) < 4.78 is 2.50. The number of nitrogens with two attached hydrogens (primary N) is 2. The molecule has 8 nitrogen and oxygen atoms in total. The number of hydrogen-bond acceptors (Lipinski definition) is 4. The Balaban J connectivity index is 1.63. The number of aromatic nitrogens is 3. The van der Waals surface area contributed by atoms with Crippen molar-refractivity contribution < 1.29 is 0 Å². The van der Waals surface area contributed by atoms with Gasteiger partial charge in [-0.05, 0) is 59.3 Å². The molecule has 0 bridgehead atoms. The van der Waals surface area contributed by atoms with Crippen molar-refractivity contribution in [2.24, 2.45) is 16.5 Å². The van der Waals surface area contributed by atoms with E-state index in [-0.39, 0.29) is 11.6 Å². The Bertz CT molecular complexity index is 971. The maximum Gasteiger partial charge on any atom is 0.354 e. The average molecular weight is 465 g/mol. The normalized spacial score (nSPS) is 11.0. The van der Waals surface area contributed by atoms with Crippen LogP contribution in [-0.4, -0.2) is 33.6 Å². The van der Waals surface area contributed by atoms with E-state index in [2.05, 4.69) is 42.9 Å². The number of rotatable bonds is 7. The summed E-state index contributed by atoms with van der Waals surface area (Å²) >= 11 is 2.17. The molecule has 0 radical (unpaired) electrons. The molecule has 136 valence electrons. The molecule has 0 atom stereocenters. The molecule has 9 heteroatoms. The van der Waals surface area contributed by atoms with Gasteiger partial charge in [0.15, 0.2) is 5.96 Å². The lowest BCUT2D eigenvalue weighted by Gasteiger charge is -2.08. The first-order valence-electron chi connectivity index (χ1n) is 8.16. The zero-order chi connectivity index (χ0) is 18.5. The Hall–Kier alpha value is -2.40. The highest BCUT2D eigenvalue weighted by Crippen LogP contribution is 2.15. The van der Waals surface area contributed by atoms with Crippen LogP contribution in [0.15, 0.2) is 46.3 Å². The second kappa shape index (κ2) is 8.32. The second-order valence-electron chi connectivity index (χ2n) is 5.82. The molecule has 0 aliphatic carbocycles. The number of hydrogen-bond donors (Lipinski definition) is 4. The number of halogens is 1. The summed E-state index contributed by atoms with van der Waals surface area (Å²) in [6, 6.07) is 9.79. The van der Waals surface area contributed by atoms with Crippen molar-refractivity contribution in [3.05, 3.63) is 56.3 Å². The van der Waals surface area contributed by atoms with E-state index < -0.39 is 0 Å². The van der Waals surface area contributed by atoms with Crippen molar-refractivity contribution in [1.29, 1.82) is 0 Å². The molecule has 0 aliphatic rings. The Kier molecular flexibility index (Phi) is 5.89. The Labute approximate surface area is 163 Å². The minimum absolute atomic E-state index is 0.123. The highest BCUT2D eigenvalue weighted by Gasteiger charge is 2.06. The summed E-state index contributed by atoms with van der Waals surface area (Å²) in [5, 5.41) is 4.24. The van der Waals surface area contributed by atoms with E-state index >= 15 is 0 Å². The van der Waals surface area contributed by atoms with Crippen molar-refractivity contribution in [2.45, 2.75) is 13.0 Å². The predicted molar refractivity (Wildman–Crippen MR) is 111 cm³/mol. The van der Waals surface area contributed by atoms with Gasteiger partial charge < -0.3 is 21.8 Å². The number of nitrogens with zero attached hydrogens (tertiary/aromatic N) is 3. The lowest BCUT2D eigenvalue weighted by molar-refractivity contribution is 0.655. The molecule has 6 N–H and O–H groups in total. The topological polar surface area (TPSA) is 127 Å². The molecule has 2 aromatic heterocycles. The van der Waals surface area contributed by atoms with Crippen LogP contribution in [0.1, 0.15) is 12.0 Å². The number of aromatic amines is 1. The third-order valence-corrected chi connectivity index (χ3v) is 4.41. The van der Waals surface area contributed by atoms with E-state index in [0.717, 1.165) is 39.8 Å². The number of benzene rings is 1. The molecule has 0 fully saturated rings. The molecular weight excluding hydrogens is 445 g/mol. The fourth-order valence-electron chi connectivity index (χ4n) is 2.57. The average Bonchev–Trinajstić information content (AvgIpc) is 2.96. The number of fused-ring (bicyclic) bond motifs is 1. The summed E-state index contributed by atoms with van der Waals surface area (Å²) in [6.45, 7) is 2.18. The molecule has 3 aromatic rings. The predicted octanol–water partition coefficient (Wildman–Crippen LogP) is 1.07. The first-order chi connectivity index (χ1) is 12.5. The number of aliphatic imine (C=N–C) groups is 1. The molecule has 0 saturated heterocycles. The molecule has 0 spiro atoms. The lowest BCUT2D eigenvalue weighted by atomic mass is 10.2.